The Morgan fingerprint density at radius 3 is 2.86 bits per heavy atom. The Labute approximate surface area is 128 Å². The third-order valence-corrected chi connectivity index (χ3v) is 3.63. The second-order valence-corrected chi connectivity index (χ2v) is 5.05. The van der Waals surface area contributed by atoms with Gasteiger partial charge in [0.15, 0.2) is 0 Å². The Balaban J connectivity index is 0.00000220. The normalized spacial score (nSPS) is 21.2. The predicted molar refractivity (Wildman–Crippen MR) is 82.7 cm³/mol. The first-order valence-electron chi connectivity index (χ1n) is 6.55. The molecule has 0 radical (unpaired) electrons. The average Bonchev–Trinajstić information content (AvgIpc) is 2.41. The van der Waals surface area contributed by atoms with E-state index >= 15 is 0 Å². The van der Waals surface area contributed by atoms with Gasteiger partial charge in [-0.25, -0.2) is 0 Å². The molecule has 1 aromatic carbocycles. The molecule has 1 amide bonds. The Hall–Kier alpha value is -1.86. The maximum absolute atomic E-state index is 12.2. The van der Waals surface area contributed by atoms with Gasteiger partial charge in [-0.3, -0.25) is 14.9 Å². The molecule has 0 aromatic heterocycles. The largest absolute Gasteiger partial charge is 0.393 e. The molecule has 2 rings (SSSR count). The van der Waals surface area contributed by atoms with Gasteiger partial charge in [0.1, 0.15) is 5.69 Å². The van der Waals surface area contributed by atoms with E-state index in [1.54, 1.807) is 0 Å². The van der Waals surface area contributed by atoms with E-state index in [-0.39, 0.29) is 41.3 Å². The number of nitrogens with one attached hydrogen (secondary N) is 2. The average molecular weight is 315 g/mol. The summed E-state index contributed by atoms with van der Waals surface area (Å²) in [5.74, 6) is -0.0439. The highest BCUT2D eigenvalue weighted by atomic mass is 35.5. The van der Waals surface area contributed by atoms with E-state index in [1.165, 1.54) is 18.2 Å². The second-order valence-electron chi connectivity index (χ2n) is 5.05. The summed E-state index contributed by atoms with van der Waals surface area (Å²) in [5, 5.41) is 17.0. The summed E-state index contributed by atoms with van der Waals surface area (Å²) in [6.45, 7) is 3.74. The van der Waals surface area contributed by atoms with Crippen molar-refractivity contribution >= 4 is 29.7 Å². The zero-order valence-electron chi connectivity index (χ0n) is 11.7. The third kappa shape index (κ3) is 3.83. The van der Waals surface area contributed by atoms with Gasteiger partial charge in [-0.2, -0.15) is 0 Å². The van der Waals surface area contributed by atoms with Crippen molar-refractivity contribution in [2.24, 2.45) is 5.92 Å². The van der Waals surface area contributed by atoms with E-state index in [2.05, 4.69) is 10.6 Å². The molecule has 1 saturated heterocycles. The van der Waals surface area contributed by atoms with Crippen molar-refractivity contribution in [2.75, 3.05) is 18.8 Å². The van der Waals surface area contributed by atoms with Gasteiger partial charge in [0.25, 0.3) is 11.6 Å². The van der Waals surface area contributed by atoms with Crippen molar-refractivity contribution in [3.05, 3.63) is 33.9 Å². The lowest BCUT2D eigenvalue weighted by Crippen LogP contribution is -2.48. The SMILES string of the molecule is CC1CNCCC1NC(=O)c1cccc([N+](=O)[O-])c1N.Cl. The van der Waals surface area contributed by atoms with Gasteiger partial charge in [-0.15, -0.1) is 12.4 Å². The lowest BCUT2D eigenvalue weighted by atomic mass is 9.95. The highest BCUT2D eigenvalue weighted by Gasteiger charge is 2.25. The highest BCUT2D eigenvalue weighted by Crippen LogP contribution is 2.25. The first-order valence-corrected chi connectivity index (χ1v) is 6.55. The van der Waals surface area contributed by atoms with E-state index in [1.807, 2.05) is 6.92 Å². The molecule has 7 nitrogen and oxygen atoms in total. The van der Waals surface area contributed by atoms with Crippen LogP contribution in [0.1, 0.15) is 23.7 Å². The molecule has 1 aromatic rings. The number of halogens is 1. The molecule has 2 atom stereocenters. The van der Waals surface area contributed by atoms with E-state index in [9.17, 15) is 14.9 Å². The van der Waals surface area contributed by atoms with Crippen LogP contribution in [0.5, 0.6) is 0 Å². The fraction of sp³-hybridized carbons (Fsp3) is 0.462. The number of para-hydroxylation sites is 1. The van der Waals surface area contributed by atoms with E-state index < -0.39 is 4.92 Å². The number of carbonyl (C=O) groups is 1. The number of rotatable bonds is 3. The summed E-state index contributed by atoms with van der Waals surface area (Å²) >= 11 is 0. The number of piperidine rings is 1. The molecule has 1 aliphatic rings. The molecule has 2 unspecified atom stereocenters. The number of hydrogen-bond acceptors (Lipinski definition) is 5. The number of nitrogen functional groups attached to an aromatic ring is 1. The lowest BCUT2D eigenvalue weighted by molar-refractivity contribution is -0.383. The Bertz CT molecular complexity index is 538. The molecule has 8 heteroatoms. The minimum absolute atomic E-state index is 0. The maximum Gasteiger partial charge on any atom is 0.292 e. The highest BCUT2D eigenvalue weighted by molar-refractivity contribution is 6.01. The number of benzene rings is 1. The predicted octanol–water partition coefficient (Wildman–Crippen LogP) is 1.33. The lowest BCUT2D eigenvalue weighted by Gasteiger charge is -2.30. The first kappa shape index (κ1) is 17.2. The van der Waals surface area contributed by atoms with Gasteiger partial charge < -0.3 is 16.4 Å². The van der Waals surface area contributed by atoms with Gasteiger partial charge in [0, 0.05) is 12.1 Å². The Morgan fingerprint density at radius 1 is 1.52 bits per heavy atom. The molecule has 116 valence electrons. The topological polar surface area (TPSA) is 110 Å². The zero-order chi connectivity index (χ0) is 14.7. The molecule has 1 heterocycles. The monoisotopic (exact) mass is 314 g/mol. The molecule has 0 aliphatic carbocycles. The van der Waals surface area contributed by atoms with Crippen LogP contribution in [-0.2, 0) is 0 Å². The second kappa shape index (κ2) is 7.24. The summed E-state index contributed by atoms with van der Waals surface area (Å²) in [5.41, 5.74) is 5.54. The minimum atomic E-state index is -0.584. The van der Waals surface area contributed by atoms with Crippen LogP contribution in [0.4, 0.5) is 11.4 Å². The number of nitrogens with zero attached hydrogens (tertiary/aromatic N) is 1. The van der Waals surface area contributed by atoms with Crippen LogP contribution in [0.15, 0.2) is 18.2 Å². The van der Waals surface area contributed by atoms with Crippen LogP contribution in [0.3, 0.4) is 0 Å². The maximum atomic E-state index is 12.2. The molecule has 1 fully saturated rings. The summed E-state index contributed by atoms with van der Waals surface area (Å²) in [6.07, 6.45) is 0.835. The smallest absolute Gasteiger partial charge is 0.292 e. The number of nitro benzene ring substituents is 1. The number of hydrogen-bond donors (Lipinski definition) is 3. The quantitative estimate of drug-likeness (QED) is 0.443. The minimum Gasteiger partial charge on any atom is -0.393 e. The van der Waals surface area contributed by atoms with E-state index in [0.717, 1.165) is 19.5 Å². The van der Waals surface area contributed by atoms with Crippen LogP contribution in [0, 0.1) is 16.0 Å². The fourth-order valence-electron chi connectivity index (χ4n) is 2.38. The number of amides is 1. The van der Waals surface area contributed by atoms with Crippen LogP contribution in [0.2, 0.25) is 0 Å². The third-order valence-electron chi connectivity index (χ3n) is 3.63. The molecule has 4 N–H and O–H groups in total. The Kier molecular flexibility index (Phi) is 5.92. The fourth-order valence-corrected chi connectivity index (χ4v) is 2.38. The molecule has 0 bridgehead atoms. The van der Waals surface area contributed by atoms with Crippen molar-refractivity contribution in [3.8, 4) is 0 Å². The molecule has 0 saturated carbocycles. The van der Waals surface area contributed by atoms with Crippen molar-refractivity contribution in [2.45, 2.75) is 19.4 Å². The summed E-state index contributed by atoms with van der Waals surface area (Å²) in [6, 6.07) is 4.32. The standard InChI is InChI=1S/C13H18N4O3.ClH/c1-8-7-15-6-5-10(8)16-13(18)9-3-2-4-11(12(9)14)17(19)20;/h2-4,8,10,15H,5-7,14H2,1H3,(H,16,18);1H. The van der Waals surface area contributed by atoms with E-state index in [0.29, 0.717) is 5.92 Å². The summed E-state index contributed by atoms with van der Waals surface area (Å²) in [7, 11) is 0. The van der Waals surface area contributed by atoms with Crippen molar-refractivity contribution in [1.82, 2.24) is 10.6 Å². The van der Waals surface area contributed by atoms with Crippen LogP contribution >= 0.6 is 12.4 Å². The van der Waals surface area contributed by atoms with Gasteiger partial charge in [0.2, 0.25) is 0 Å². The first-order chi connectivity index (χ1) is 9.50. The van der Waals surface area contributed by atoms with Crippen molar-refractivity contribution in [1.29, 1.82) is 0 Å². The number of carbonyl (C=O) groups excluding carboxylic acids is 1. The van der Waals surface area contributed by atoms with Crippen LogP contribution < -0.4 is 16.4 Å². The van der Waals surface area contributed by atoms with Gasteiger partial charge in [-0.05, 0) is 31.5 Å². The number of nitrogens with two attached hydrogens (primary N) is 1. The van der Waals surface area contributed by atoms with Gasteiger partial charge >= 0.3 is 0 Å². The molecular formula is C13H19ClN4O3. The molecular weight excluding hydrogens is 296 g/mol. The molecule has 1 aliphatic heterocycles. The Morgan fingerprint density at radius 2 is 2.24 bits per heavy atom. The number of nitro groups is 1. The van der Waals surface area contributed by atoms with Gasteiger partial charge in [0.05, 0.1) is 10.5 Å². The van der Waals surface area contributed by atoms with Crippen molar-refractivity contribution in [3.63, 3.8) is 0 Å². The summed E-state index contributed by atoms with van der Waals surface area (Å²) < 4.78 is 0. The summed E-state index contributed by atoms with van der Waals surface area (Å²) in [4.78, 5) is 22.5. The molecule has 21 heavy (non-hydrogen) atoms. The zero-order valence-corrected chi connectivity index (χ0v) is 12.5. The van der Waals surface area contributed by atoms with Gasteiger partial charge in [-0.1, -0.05) is 13.0 Å². The molecule has 0 spiro atoms. The van der Waals surface area contributed by atoms with Crippen LogP contribution in [-0.4, -0.2) is 30.0 Å². The van der Waals surface area contributed by atoms with Crippen molar-refractivity contribution < 1.29 is 9.72 Å². The number of anilines is 1. The van der Waals surface area contributed by atoms with E-state index in [4.69, 9.17) is 5.73 Å². The van der Waals surface area contributed by atoms with Crippen LogP contribution in [0.25, 0.3) is 0 Å².